The number of benzene rings is 2. The maximum absolute atomic E-state index is 13.0. The summed E-state index contributed by atoms with van der Waals surface area (Å²) >= 11 is 1.58. The van der Waals surface area contributed by atoms with Gasteiger partial charge in [-0.25, -0.2) is 4.79 Å². The van der Waals surface area contributed by atoms with E-state index in [1.807, 2.05) is 49.4 Å². The molecule has 0 spiro atoms. The van der Waals surface area contributed by atoms with E-state index < -0.39 is 6.04 Å². The Hall–Kier alpha value is -2.01. The summed E-state index contributed by atoms with van der Waals surface area (Å²) in [6.07, 6.45) is 0.781. The van der Waals surface area contributed by atoms with Crippen LogP contribution in [0.4, 0.5) is 0 Å². The molecule has 1 aliphatic heterocycles. The Balaban J connectivity index is 1.88. The second-order valence-electron chi connectivity index (χ2n) is 5.48. The van der Waals surface area contributed by atoms with Crippen LogP contribution < -0.4 is 0 Å². The highest BCUT2D eigenvalue weighted by Crippen LogP contribution is 2.27. The normalized spacial score (nSPS) is 17.4. The first-order chi connectivity index (χ1) is 11.2. The molecule has 1 atom stereocenters. The highest BCUT2D eigenvalue weighted by Gasteiger charge is 2.36. The number of amides is 1. The van der Waals surface area contributed by atoms with E-state index in [4.69, 9.17) is 4.74 Å². The lowest BCUT2D eigenvalue weighted by Crippen LogP contribution is -2.42. The average molecular weight is 329 g/mol. The maximum Gasteiger partial charge on any atom is 0.329 e. The molecule has 1 aliphatic rings. The van der Waals surface area contributed by atoms with Crippen LogP contribution in [-0.4, -0.2) is 41.1 Å². The van der Waals surface area contributed by atoms with E-state index >= 15 is 0 Å². The summed E-state index contributed by atoms with van der Waals surface area (Å²) in [6.45, 7) is 2.35. The molecule has 1 heterocycles. The van der Waals surface area contributed by atoms with Crippen LogP contribution >= 0.6 is 11.8 Å². The smallest absolute Gasteiger partial charge is 0.329 e. The van der Waals surface area contributed by atoms with Crippen LogP contribution in [0.1, 0.15) is 23.7 Å². The van der Waals surface area contributed by atoms with E-state index in [9.17, 15) is 9.59 Å². The Morgan fingerprint density at radius 2 is 2.00 bits per heavy atom. The van der Waals surface area contributed by atoms with Crippen molar-refractivity contribution in [3.63, 3.8) is 0 Å². The molecule has 0 aromatic heterocycles. The molecule has 5 heteroatoms. The van der Waals surface area contributed by atoms with Gasteiger partial charge in [0, 0.05) is 11.3 Å². The van der Waals surface area contributed by atoms with Crippen molar-refractivity contribution in [3.05, 3.63) is 48.0 Å². The van der Waals surface area contributed by atoms with Crippen molar-refractivity contribution in [1.29, 1.82) is 0 Å². The van der Waals surface area contributed by atoms with Gasteiger partial charge >= 0.3 is 5.97 Å². The predicted octanol–water partition coefficient (Wildman–Crippen LogP) is 3.31. The number of carbonyl (C=O) groups is 2. The van der Waals surface area contributed by atoms with Crippen LogP contribution in [0.5, 0.6) is 0 Å². The molecule has 3 rings (SSSR count). The van der Waals surface area contributed by atoms with Gasteiger partial charge in [-0.2, -0.15) is 0 Å². The van der Waals surface area contributed by atoms with Crippen LogP contribution in [0.2, 0.25) is 0 Å². The third kappa shape index (κ3) is 3.20. The van der Waals surface area contributed by atoms with Crippen molar-refractivity contribution >= 4 is 34.4 Å². The van der Waals surface area contributed by atoms with E-state index in [0.717, 1.165) is 17.2 Å². The van der Waals surface area contributed by atoms with E-state index in [2.05, 4.69) is 0 Å². The van der Waals surface area contributed by atoms with Gasteiger partial charge in [-0.15, -0.1) is 11.8 Å². The van der Waals surface area contributed by atoms with Crippen molar-refractivity contribution in [2.45, 2.75) is 19.4 Å². The Bertz CT molecular complexity index is 726. The van der Waals surface area contributed by atoms with Crippen molar-refractivity contribution in [2.75, 3.05) is 18.2 Å². The Labute approximate surface area is 139 Å². The average Bonchev–Trinajstić information content (AvgIpc) is 3.08. The van der Waals surface area contributed by atoms with Gasteiger partial charge in [0.15, 0.2) is 0 Å². The molecule has 0 saturated carbocycles. The SMILES string of the molecule is CCCOC(=O)C1CSCN1C(=O)c1cccc2ccccc12. The lowest BCUT2D eigenvalue weighted by Gasteiger charge is -2.23. The number of esters is 1. The van der Waals surface area contributed by atoms with Gasteiger partial charge < -0.3 is 9.64 Å². The van der Waals surface area contributed by atoms with Gasteiger partial charge in [-0.3, -0.25) is 4.79 Å². The van der Waals surface area contributed by atoms with Crippen LogP contribution in [-0.2, 0) is 9.53 Å². The molecule has 4 nitrogen and oxygen atoms in total. The third-order valence-corrected chi connectivity index (χ3v) is 4.90. The number of carbonyl (C=O) groups excluding carboxylic acids is 2. The van der Waals surface area contributed by atoms with Gasteiger partial charge in [0.25, 0.3) is 5.91 Å². The van der Waals surface area contributed by atoms with Crippen molar-refractivity contribution in [2.24, 2.45) is 0 Å². The fraction of sp³-hybridized carbons (Fsp3) is 0.333. The molecule has 0 N–H and O–H groups in total. The summed E-state index contributed by atoms with van der Waals surface area (Å²) in [7, 11) is 0. The molecule has 120 valence electrons. The monoisotopic (exact) mass is 329 g/mol. The van der Waals surface area contributed by atoms with Crippen LogP contribution in [0.25, 0.3) is 10.8 Å². The molecule has 1 unspecified atom stereocenters. The second-order valence-corrected chi connectivity index (χ2v) is 6.48. The third-order valence-electron chi connectivity index (χ3n) is 3.88. The molecule has 0 bridgehead atoms. The minimum atomic E-state index is -0.488. The van der Waals surface area contributed by atoms with E-state index in [1.165, 1.54) is 0 Å². The zero-order valence-electron chi connectivity index (χ0n) is 13.0. The minimum absolute atomic E-state index is 0.106. The summed E-state index contributed by atoms with van der Waals surface area (Å²) in [4.78, 5) is 26.8. The first kappa shape index (κ1) is 15.9. The molecular weight excluding hydrogens is 310 g/mol. The molecule has 2 aromatic rings. The largest absolute Gasteiger partial charge is 0.464 e. The molecule has 0 radical (unpaired) electrons. The molecule has 1 saturated heterocycles. The fourth-order valence-corrected chi connectivity index (χ4v) is 3.84. The Kier molecular flexibility index (Phi) is 4.86. The minimum Gasteiger partial charge on any atom is -0.464 e. The maximum atomic E-state index is 13.0. The zero-order valence-corrected chi connectivity index (χ0v) is 13.8. The molecule has 1 amide bonds. The van der Waals surface area contributed by atoms with E-state index in [-0.39, 0.29) is 11.9 Å². The van der Waals surface area contributed by atoms with E-state index in [1.54, 1.807) is 16.7 Å². The molecule has 23 heavy (non-hydrogen) atoms. The second kappa shape index (κ2) is 7.04. The van der Waals surface area contributed by atoms with Crippen LogP contribution in [0.3, 0.4) is 0 Å². The number of nitrogens with zero attached hydrogens (tertiary/aromatic N) is 1. The number of thioether (sulfide) groups is 1. The highest BCUT2D eigenvalue weighted by molar-refractivity contribution is 7.99. The topological polar surface area (TPSA) is 46.6 Å². The van der Waals surface area contributed by atoms with E-state index in [0.29, 0.717) is 23.8 Å². The van der Waals surface area contributed by atoms with Gasteiger partial charge in [0.1, 0.15) is 6.04 Å². The molecule has 1 fully saturated rings. The molecule has 0 aliphatic carbocycles. The summed E-state index contributed by atoms with van der Waals surface area (Å²) < 4.78 is 5.23. The Morgan fingerprint density at radius 3 is 2.83 bits per heavy atom. The number of rotatable bonds is 4. The first-order valence-corrected chi connectivity index (χ1v) is 8.91. The standard InChI is InChI=1S/C18H19NO3S/c1-2-10-22-18(21)16-11-23-12-19(16)17(20)15-9-5-7-13-6-3-4-8-14(13)15/h3-9,16H,2,10-12H2,1H3. The summed E-state index contributed by atoms with van der Waals surface area (Å²) in [5.74, 6) is 0.711. The number of ether oxygens (including phenoxy) is 1. The zero-order chi connectivity index (χ0) is 16.2. The first-order valence-electron chi connectivity index (χ1n) is 7.75. The number of hydrogen-bond acceptors (Lipinski definition) is 4. The van der Waals surface area contributed by atoms with Gasteiger partial charge in [-0.1, -0.05) is 43.3 Å². The van der Waals surface area contributed by atoms with Gasteiger partial charge in [0.05, 0.1) is 12.5 Å². The Morgan fingerprint density at radius 1 is 1.22 bits per heavy atom. The van der Waals surface area contributed by atoms with Crippen LogP contribution in [0.15, 0.2) is 42.5 Å². The summed E-state index contributed by atoms with van der Waals surface area (Å²) in [6, 6.07) is 13.0. The van der Waals surface area contributed by atoms with Crippen LogP contribution in [0, 0.1) is 0 Å². The summed E-state index contributed by atoms with van der Waals surface area (Å²) in [5.41, 5.74) is 0.638. The quantitative estimate of drug-likeness (QED) is 0.808. The highest BCUT2D eigenvalue weighted by atomic mass is 32.2. The fourth-order valence-electron chi connectivity index (χ4n) is 2.70. The van der Waals surface area contributed by atoms with Gasteiger partial charge in [0.2, 0.25) is 0 Å². The van der Waals surface area contributed by atoms with Crippen molar-refractivity contribution < 1.29 is 14.3 Å². The molecule has 2 aromatic carbocycles. The summed E-state index contributed by atoms with van der Waals surface area (Å²) in [5, 5.41) is 1.94. The lowest BCUT2D eigenvalue weighted by atomic mass is 10.0. The van der Waals surface area contributed by atoms with Crippen molar-refractivity contribution in [1.82, 2.24) is 4.90 Å². The number of fused-ring (bicyclic) bond motifs is 1. The lowest BCUT2D eigenvalue weighted by molar-refractivity contribution is -0.147. The predicted molar refractivity (Wildman–Crippen MR) is 92.5 cm³/mol. The van der Waals surface area contributed by atoms with Crippen molar-refractivity contribution in [3.8, 4) is 0 Å². The van der Waals surface area contributed by atoms with Gasteiger partial charge in [-0.05, 0) is 23.3 Å². The number of hydrogen-bond donors (Lipinski definition) is 0. The molecular formula is C18H19NO3S.